The lowest BCUT2D eigenvalue weighted by Crippen LogP contribution is -2.28. The molecular formula is C15H21F2NO2. The van der Waals surface area contributed by atoms with E-state index in [1.165, 1.54) is 18.2 Å². The minimum Gasteiger partial charge on any atom is -0.387 e. The predicted molar refractivity (Wildman–Crippen MR) is 72.4 cm³/mol. The molecule has 1 aliphatic heterocycles. The van der Waals surface area contributed by atoms with E-state index in [0.717, 1.165) is 19.5 Å². The monoisotopic (exact) mass is 285 g/mol. The van der Waals surface area contributed by atoms with E-state index in [0.29, 0.717) is 19.1 Å². The molecule has 1 heterocycles. The van der Waals surface area contributed by atoms with Crippen LogP contribution in [0, 0.1) is 17.6 Å². The van der Waals surface area contributed by atoms with Gasteiger partial charge < -0.3 is 14.7 Å². The van der Waals surface area contributed by atoms with Crippen molar-refractivity contribution in [2.75, 3.05) is 32.8 Å². The van der Waals surface area contributed by atoms with Crippen molar-refractivity contribution in [2.24, 2.45) is 5.92 Å². The number of likely N-dealkylation sites (tertiary alicyclic amines) is 1. The third-order valence-electron chi connectivity index (χ3n) is 3.69. The molecule has 5 heteroatoms. The van der Waals surface area contributed by atoms with Crippen LogP contribution in [-0.2, 0) is 4.74 Å². The molecule has 0 amide bonds. The molecule has 1 aromatic rings. The highest BCUT2D eigenvalue weighted by Crippen LogP contribution is 2.24. The van der Waals surface area contributed by atoms with Gasteiger partial charge >= 0.3 is 0 Å². The third-order valence-corrected chi connectivity index (χ3v) is 3.69. The Labute approximate surface area is 118 Å². The lowest BCUT2D eigenvalue weighted by molar-refractivity contribution is 0.0975. The van der Waals surface area contributed by atoms with Crippen LogP contribution in [0.25, 0.3) is 0 Å². The molecule has 0 aliphatic carbocycles. The molecule has 2 atom stereocenters. The highest BCUT2D eigenvalue weighted by molar-refractivity contribution is 5.22. The first-order chi connectivity index (χ1) is 9.61. The van der Waals surface area contributed by atoms with Gasteiger partial charge in [-0.05, 0) is 37.9 Å². The maximum atomic E-state index is 13.6. The van der Waals surface area contributed by atoms with Gasteiger partial charge in [0.05, 0.1) is 18.3 Å². The molecule has 0 aromatic heterocycles. The zero-order valence-electron chi connectivity index (χ0n) is 11.7. The van der Waals surface area contributed by atoms with E-state index in [2.05, 4.69) is 0 Å². The van der Waals surface area contributed by atoms with Crippen LogP contribution in [0.3, 0.4) is 0 Å². The molecule has 0 radical (unpaired) electrons. The summed E-state index contributed by atoms with van der Waals surface area (Å²) < 4.78 is 32.5. The third kappa shape index (κ3) is 3.75. The summed E-state index contributed by atoms with van der Waals surface area (Å²) in [6.07, 6.45) is -0.144. The predicted octanol–water partition coefficient (Wildman–Crippen LogP) is 2.36. The van der Waals surface area contributed by atoms with E-state index in [4.69, 9.17) is 4.74 Å². The smallest absolute Gasteiger partial charge is 0.131 e. The summed E-state index contributed by atoms with van der Waals surface area (Å²) in [6.45, 7) is 5.23. The Kier molecular flexibility index (Phi) is 5.46. The van der Waals surface area contributed by atoms with Gasteiger partial charge in [-0.1, -0.05) is 6.07 Å². The van der Waals surface area contributed by atoms with Crippen molar-refractivity contribution in [2.45, 2.75) is 19.4 Å². The fourth-order valence-corrected chi connectivity index (χ4v) is 2.66. The molecule has 2 rings (SSSR count). The Balaban J connectivity index is 1.91. The molecular weight excluding hydrogens is 264 g/mol. The number of nitrogens with zero attached hydrogens (tertiary/aromatic N) is 1. The van der Waals surface area contributed by atoms with Crippen LogP contribution < -0.4 is 0 Å². The SMILES string of the molecule is CCOCC1CCN(CC(O)c2c(F)cccc2F)C1. The summed E-state index contributed by atoms with van der Waals surface area (Å²) >= 11 is 0. The number of hydrogen-bond acceptors (Lipinski definition) is 3. The van der Waals surface area contributed by atoms with Gasteiger partial charge in [-0.3, -0.25) is 0 Å². The Hall–Kier alpha value is -1.04. The molecule has 0 spiro atoms. The molecule has 20 heavy (non-hydrogen) atoms. The van der Waals surface area contributed by atoms with Crippen LogP contribution in [0.1, 0.15) is 25.0 Å². The first kappa shape index (κ1) is 15.4. The van der Waals surface area contributed by atoms with Crippen LogP contribution in [0.5, 0.6) is 0 Å². The summed E-state index contributed by atoms with van der Waals surface area (Å²) in [7, 11) is 0. The quantitative estimate of drug-likeness (QED) is 0.871. The number of aliphatic hydroxyl groups is 1. The molecule has 112 valence electrons. The van der Waals surface area contributed by atoms with Crippen molar-refractivity contribution in [3.05, 3.63) is 35.4 Å². The van der Waals surface area contributed by atoms with Gasteiger partial charge in [0.1, 0.15) is 11.6 Å². The number of aliphatic hydroxyl groups excluding tert-OH is 1. The topological polar surface area (TPSA) is 32.7 Å². The Bertz CT molecular complexity index is 422. The van der Waals surface area contributed by atoms with E-state index < -0.39 is 17.7 Å². The zero-order valence-corrected chi connectivity index (χ0v) is 11.7. The molecule has 2 unspecified atom stereocenters. The molecule has 1 fully saturated rings. The van der Waals surface area contributed by atoms with Crippen molar-refractivity contribution < 1.29 is 18.6 Å². The average molecular weight is 285 g/mol. The number of hydrogen-bond donors (Lipinski definition) is 1. The second-order valence-electron chi connectivity index (χ2n) is 5.22. The van der Waals surface area contributed by atoms with Crippen molar-refractivity contribution >= 4 is 0 Å². The van der Waals surface area contributed by atoms with E-state index in [1.54, 1.807) is 0 Å². The molecule has 1 N–H and O–H groups in total. The first-order valence-corrected chi connectivity index (χ1v) is 7.03. The Morgan fingerprint density at radius 3 is 2.75 bits per heavy atom. The van der Waals surface area contributed by atoms with Crippen molar-refractivity contribution in [3.63, 3.8) is 0 Å². The van der Waals surface area contributed by atoms with Crippen molar-refractivity contribution in [3.8, 4) is 0 Å². The van der Waals surface area contributed by atoms with Crippen LogP contribution >= 0.6 is 0 Å². The van der Waals surface area contributed by atoms with Crippen LogP contribution in [0.2, 0.25) is 0 Å². The van der Waals surface area contributed by atoms with Gasteiger partial charge in [-0.2, -0.15) is 0 Å². The summed E-state index contributed by atoms with van der Waals surface area (Å²) in [4.78, 5) is 2.03. The summed E-state index contributed by atoms with van der Waals surface area (Å²) in [6, 6.07) is 3.64. The lowest BCUT2D eigenvalue weighted by atomic mass is 10.1. The maximum Gasteiger partial charge on any atom is 0.131 e. The van der Waals surface area contributed by atoms with Crippen LogP contribution in [0.15, 0.2) is 18.2 Å². The fourth-order valence-electron chi connectivity index (χ4n) is 2.66. The maximum absolute atomic E-state index is 13.6. The number of benzene rings is 1. The highest BCUT2D eigenvalue weighted by atomic mass is 19.1. The van der Waals surface area contributed by atoms with E-state index in [1.807, 2.05) is 11.8 Å². The molecule has 0 bridgehead atoms. The van der Waals surface area contributed by atoms with Gasteiger partial charge in [0.25, 0.3) is 0 Å². The molecule has 3 nitrogen and oxygen atoms in total. The number of β-amino-alcohol motifs (C(OH)–C–C–N with tert-alkyl or cyclic N) is 1. The average Bonchev–Trinajstić information content (AvgIpc) is 2.83. The second kappa shape index (κ2) is 7.11. The molecule has 0 saturated carbocycles. The normalized spacial score (nSPS) is 21.3. The first-order valence-electron chi connectivity index (χ1n) is 7.03. The van der Waals surface area contributed by atoms with E-state index in [-0.39, 0.29) is 12.1 Å². The molecule has 1 saturated heterocycles. The van der Waals surface area contributed by atoms with Gasteiger partial charge in [0.2, 0.25) is 0 Å². The van der Waals surface area contributed by atoms with Crippen molar-refractivity contribution in [1.82, 2.24) is 4.90 Å². The number of halogens is 2. The minimum absolute atomic E-state index is 0.235. The summed E-state index contributed by atoms with van der Waals surface area (Å²) in [5, 5.41) is 10.1. The van der Waals surface area contributed by atoms with Gasteiger partial charge in [0, 0.05) is 19.7 Å². The van der Waals surface area contributed by atoms with E-state index >= 15 is 0 Å². The van der Waals surface area contributed by atoms with Crippen LogP contribution in [0.4, 0.5) is 8.78 Å². The zero-order chi connectivity index (χ0) is 14.5. The van der Waals surface area contributed by atoms with Gasteiger partial charge in [0.15, 0.2) is 0 Å². The number of ether oxygens (including phenoxy) is 1. The fraction of sp³-hybridized carbons (Fsp3) is 0.600. The standard InChI is InChI=1S/C15H21F2NO2/c1-2-20-10-11-6-7-18(8-11)9-14(19)15-12(16)4-3-5-13(15)17/h3-5,11,14,19H,2,6-10H2,1H3. The molecule has 1 aliphatic rings. The minimum atomic E-state index is -1.14. The van der Waals surface area contributed by atoms with Gasteiger partial charge in [-0.15, -0.1) is 0 Å². The van der Waals surface area contributed by atoms with Crippen LogP contribution in [-0.4, -0.2) is 42.9 Å². The number of rotatable bonds is 6. The van der Waals surface area contributed by atoms with Gasteiger partial charge in [-0.25, -0.2) is 8.78 Å². The largest absolute Gasteiger partial charge is 0.387 e. The summed E-state index contributed by atoms with van der Waals surface area (Å²) in [5.41, 5.74) is -0.235. The van der Waals surface area contributed by atoms with E-state index in [9.17, 15) is 13.9 Å². The summed E-state index contributed by atoms with van der Waals surface area (Å²) in [5.74, 6) is -0.947. The molecule has 1 aromatic carbocycles. The second-order valence-corrected chi connectivity index (χ2v) is 5.22. The Morgan fingerprint density at radius 1 is 1.40 bits per heavy atom. The highest BCUT2D eigenvalue weighted by Gasteiger charge is 2.26. The van der Waals surface area contributed by atoms with Crippen molar-refractivity contribution in [1.29, 1.82) is 0 Å². The lowest BCUT2D eigenvalue weighted by Gasteiger charge is -2.21. The Morgan fingerprint density at radius 2 is 2.10 bits per heavy atom.